The highest BCUT2D eigenvalue weighted by Crippen LogP contribution is 2.27. The molecule has 0 saturated heterocycles. The summed E-state index contributed by atoms with van der Waals surface area (Å²) in [5, 5.41) is 1.41. The summed E-state index contributed by atoms with van der Waals surface area (Å²) >= 11 is 1.35. The fourth-order valence-corrected chi connectivity index (χ4v) is 2.43. The molecule has 3 rings (SSSR count). The van der Waals surface area contributed by atoms with Crippen LogP contribution in [-0.4, -0.2) is 25.6 Å². The fraction of sp³-hybridized carbons (Fsp3) is 0. The Labute approximate surface area is 107 Å². The third kappa shape index (κ3) is 1.86. The predicted molar refractivity (Wildman–Crippen MR) is 66.7 cm³/mol. The molecule has 0 N–H and O–H groups in total. The minimum absolute atomic E-state index is 0.536. The third-order valence-corrected chi connectivity index (χ3v) is 3.35. The summed E-state index contributed by atoms with van der Waals surface area (Å²) in [7, 11) is 0. The zero-order chi connectivity index (χ0) is 12.4. The van der Waals surface area contributed by atoms with Crippen LogP contribution < -0.4 is 0 Å². The Balaban J connectivity index is 2.09. The molecule has 0 aliphatic heterocycles. The largest absolute Gasteiger partial charge is 0.296 e. The number of hydrogen-bond donors (Lipinski definition) is 0. The third-order valence-electron chi connectivity index (χ3n) is 2.40. The van der Waals surface area contributed by atoms with Crippen LogP contribution in [0.25, 0.3) is 5.65 Å². The van der Waals surface area contributed by atoms with E-state index >= 15 is 0 Å². The van der Waals surface area contributed by atoms with E-state index in [1.807, 2.05) is 24.4 Å². The van der Waals surface area contributed by atoms with E-state index in [4.69, 9.17) is 0 Å². The quantitative estimate of drug-likeness (QED) is 0.530. The van der Waals surface area contributed by atoms with Crippen molar-refractivity contribution in [2.45, 2.75) is 10.1 Å². The summed E-state index contributed by atoms with van der Waals surface area (Å²) in [6, 6.07) is 7.39. The van der Waals surface area contributed by atoms with E-state index < -0.39 is 0 Å². The molecule has 0 aliphatic rings. The SMILES string of the molecule is O=Cc1c(Sc2ccncn2)nc2ccccn12. The maximum atomic E-state index is 11.2. The van der Waals surface area contributed by atoms with Crippen molar-refractivity contribution in [3.05, 3.63) is 48.7 Å². The smallest absolute Gasteiger partial charge is 0.169 e. The number of nitrogens with zero attached hydrogens (tertiary/aromatic N) is 4. The number of aldehydes is 1. The predicted octanol–water partition coefficient (Wildman–Crippen LogP) is 2.09. The summed E-state index contributed by atoms with van der Waals surface area (Å²) in [6.45, 7) is 0. The van der Waals surface area contributed by atoms with E-state index in [0.717, 1.165) is 17.0 Å². The second kappa shape index (κ2) is 4.58. The van der Waals surface area contributed by atoms with E-state index in [2.05, 4.69) is 15.0 Å². The summed E-state index contributed by atoms with van der Waals surface area (Å²) in [6.07, 6.45) is 5.75. The molecule has 0 amide bonds. The Morgan fingerprint density at radius 1 is 1.28 bits per heavy atom. The molecule has 0 saturated carbocycles. The van der Waals surface area contributed by atoms with Gasteiger partial charge in [-0.3, -0.25) is 9.20 Å². The molecule has 0 aliphatic carbocycles. The van der Waals surface area contributed by atoms with Gasteiger partial charge >= 0.3 is 0 Å². The van der Waals surface area contributed by atoms with Crippen LogP contribution in [0.2, 0.25) is 0 Å². The number of rotatable bonds is 3. The van der Waals surface area contributed by atoms with Gasteiger partial charge in [0.2, 0.25) is 0 Å². The Hall–Kier alpha value is -2.21. The summed E-state index contributed by atoms with van der Waals surface area (Å²) in [5.41, 5.74) is 1.28. The van der Waals surface area contributed by atoms with E-state index in [1.165, 1.54) is 18.1 Å². The van der Waals surface area contributed by atoms with Crippen molar-refractivity contribution < 1.29 is 4.79 Å². The molecule has 0 fully saturated rings. The molecule has 88 valence electrons. The topological polar surface area (TPSA) is 60.2 Å². The Morgan fingerprint density at radius 2 is 2.22 bits per heavy atom. The lowest BCUT2D eigenvalue weighted by Gasteiger charge is -1.97. The van der Waals surface area contributed by atoms with Gasteiger partial charge in [0.25, 0.3) is 0 Å². The van der Waals surface area contributed by atoms with Crippen LogP contribution >= 0.6 is 11.8 Å². The van der Waals surface area contributed by atoms with Crippen LogP contribution in [0.3, 0.4) is 0 Å². The number of carbonyl (C=O) groups excluding carboxylic acids is 1. The standard InChI is InChI=1S/C12H8N4OS/c17-7-9-12(18-11-4-5-13-8-14-11)15-10-3-1-2-6-16(9)10/h1-8H. The van der Waals surface area contributed by atoms with Crippen LogP contribution in [0.1, 0.15) is 10.5 Å². The highest BCUT2D eigenvalue weighted by molar-refractivity contribution is 7.99. The minimum atomic E-state index is 0.536. The first-order chi connectivity index (χ1) is 8.88. The summed E-state index contributed by atoms with van der Waals surface area (Å²) in [5.74, 6) is 0. The van der Waals surface area contributed by atoms with Crippen LogP contribution in [0, 0.1) is 0 Å². The number of carbonyl (C=O) groups is 1. The molecule has 18 heavy (non-hydrogen) atoms. The molecular formula is C12H8N4OS. The average Bonchev–Trinajstić information content (AvgIpc) is 2.77. The van der Waals surface area contributed by atoms with Crippen LogP contribution in [0.5, 0.6) is 0 Å². The van der Waals surface area contributed by atoms with Crippen molar-refractivity contribution in [2.24, 2.45) is 0 Å². The minimum Gasteiger partial charge on any atom is -0.296 e. The van der Waals surface area contributed by atoms with Gasteiger partial charge in [0.1, 0.15) is 27.7 Å². The number of pyridine rings is 1. The van der Waals surface area contributed by atoms with Gasteiger partial charge in [0.15, 0.2) is 6.29 Å². The van der Waals surface area contributed by atoms with E-state index in [9.17, 15) is 4.79 Å². The zero-order valence-electron chi connectivity index (χ0n) is 9.22. The highest BCUT2D eigenvalue weighted by Gasteiger charge is 2.12. The lowest BCUT2D eigenvalue weighted by Crippen LogP contribution is -1.90. The van der Waals surface area contributed by atoms with Gasteiger partial charge < -0.3 is 0 Å². The van der Waals surface area contributed by atoms with Crippen LogP contribution in [-0.2, 0) is 0 Å². The number of fused-ring (bicyclic) bond motifs is 1. The van der Waals surface area contributed by atoms with E-state index in [-0.39, 0.29) is 0 Å². The van der Waals surface area contributed by atoms with Crippen LogP contribution in [0.15, 0.2) is 53.0 Å². The maximum Gasteiger partial charge on any atom is 0.169 e. The second-order valence-electron chi connectivity index (χ2n) is 3.50. The lowest BCUT2D eigenvalue weighted by atomic mass is 10.4. The van der Waals surface area contributed by atoms with Gasteiger partial charge in [-0.15, -0.1) is 0 Å². The van der Waals surface area contributed by atoms with Crippen LogP contribution in [0.4, 0.5) is 0 Å². The number of aromatic nitrogens is 4. The number of imidazole rings is 1. The molecule has 3 aromatic rings. The summed E-state index contributed by atoms with van der Waals surface area (Å²) in [4.78, 5) is 23.6. The molecule has 0 unspecified atom stereocenters. The lowest BCUT2D eigenvalue weighted by molar-refractivity contribution is 0.111. The monoisotopic (exact) mass is 256 g/mol. The first-order valence-electron chi connectivity index (χ1n) is 5.24. The molecule has 5 nitrogen and oxygen atoms in total. The summed E-state index contributed by atoms with van der Waals surface area (Å²) < 4.78 is 1.76. The Bertz CT molecular complexity index is 696. The van der Waals surface area contributed by atoms with Crippen molar-refractivity contribution in [2.75, 3.05) is 0 Å². The Morgan fingerprint density at radius 3 is 3.00 bits per heavy atom. The molecule has 3 heterocycles. The van der Waals surface area contributed by atoms with Crippen molar-refractivity contribution in [3.8, 4) is 0 Å². The van der Waals surface area contributed by atoms with Gasteiger partial charge in [0.05, 0.1) is 0 Å². The second-order valence-corrected chi connectivity index (χ2v) is 4.51. The van der Waals surface area contributed by atoms with Crippen molar-refractivity contribution >= 4 is 23.7 Å². The van der Waals surface area contributed by atoms with Crippen molar-refractivity contribution in [3.63, 3.8) is 0 Å². The number of hydrogen-bond acceptors (Lipinski definition) is 5. The van der Waals surface area contributed by atoms with Gasteiger partial charge in [-0.2, -0.15) is 0 Å². The normalized spacial score (nSPS) is 10.7. The van der Waals surface area contributed by atoms with Gasteiger partial charge in [0, 0.05) is 12.4 Å². The average molecular weight is 256 g/mol. The molecule has 3 aromatic heterocycles. The van der Waals surface area contributed by atoms with E-state index in [0.29, 0.717) is 10.7 Å². The molecule has 0 spiro atoms. The first kappa shape index (κ1) is 10.9. The molecule has 0 aromatic carbocycles. The van der Waals surface area contributed by atoms with Gasteiger partial charge in [-0.05, 0) is 30.0 Å². The molecule has 0 radical (unpaired) electrons. The van der Waals surface area contributed by atoms with E-state index in [1.54, 1.807) is 16.7 Å². The maximum absolute atomic E-state index is 11.2. The molecule has 6 heteroatoms. The molecule has 0 atom stereocenters. The first-order valence-corrected chi connectivity index (χ1v) is 6.06. The highest BCUT2D eigenvalue weighted by atomic mass is 32.2. The van der Waals surface area contributed by atoms with Crippen molar-refractivity contribution in [1.29, 1.82) is 0 Å². The fourth-order valence-electron chi connectivity index (χ4n) is 1.61. The van der Waals surface area contributed by atoms with Gasteiger partial charge in [-0.1, -0.05) is 6.07 Å². The van der Waals surface area contributed by atoms with Crippen molar-refractivity contribution in [1.82, 2.24) is 19.4 Å². The Kier molecular flexibility index (Phi) is 2.77. The van der Waals surface area contributed by atoms with Gasteiger partial charge in [-0.25, -0.2) is 15.0 Å². The zero-order valence-corrected chi connectivity index (χ0v) is 10.0. The molecular weight excluding hydrogens is 248 g/mol. The molecule has 0 bridgehead atoms.